The van der Waals surface area contributed by atoms with Crippen molar-refractivity contribution in [2.24, 2.45) is 5.92 Å². The number of aliphatic hydroxyl groups is 1. The van der Waals surface area contributed by atoms with Gasteiger partial charge in [0, 0.05) is 0 Å². The summed E-state index contributed by atoms with van der Waals surface area (Å²) in [5, 5.41) is 13.2. The molecular formula is C13H17NO2. The molecule has 0 saturated carbocycles. The monoisotopic (exact) mass is 219 g/mol. The molecule has 1 fully saturated rings. The van der Waals surface area contributed by atoms with E-state index in [2.05, 4.69) is 19.2 Å². The summed E-state index contributed by atoms with van der Waals surface area (Å²) in [5.41, 5.74) is -0.643. The van der Waals surface area contributed by atoms with Crippen LogP contribution in [-0.2, 0) is 10.4 Å². The molecule has 2 N–H and O–H groups in total. The molecule has 1 aliphatic rings. The third-order valence-corrected chi connectivity index (χ3v) is 3.08. The molecule has 2 atom stereocenters. The molecule has 0 bridgehead atoms. The Hall–Kier alpha value is -1.35. The van der Waals surface area contributed by atoms with Crippen LogP contribution < -0.4 is 5.32 Å². The summed E-state index contributed by atoms with van der Waals surface area (Å²) in [7, 11) is 0. The van der Waals surface area contributed by atoms with Crippen LogP contribution in [0.5, 0.6) is 0 Å². The molecule has 1 heterocycles. The second-order valence-corrected chi connectivity index (χ2v) is 4.79. The van der Waals surface area contributed by atoms with Gasteiger partial charge in [0.1, 0.15) is 0 Å². The van der Waals surface area contributed by atoms with E-state index < -0.39 is 5.60 Å². The van der Waals surface area contributed by atoms with Gasteiger partial charge in [-0.05, 0) is 17.9 Å². The maximum absolute atomic E-state index is 11.6. The van der Waals surface area contributed by atoms with Gasteiger partial charge in [0.25, 0.3) is 5.91 Å². The van der Waals surface area contributed by atoms with Crippen LogP contribution in [0.25, 0.3) is 0 Å². The first kappa shape index (κ1) is 11.1. The van der Waals surface area contributed by atoms with E-state index >= 15 is 0 Å². The maximum Gasteiger partial charge on any atom is 0.259 e. The van der Waals surface area contributed by atoms with Crippen molar-refractivity contribution in [1.82, 2.24) is 5.32 Å². The molecule has 1 aromatic carbocycles. The van der Waals surface area contributed by atoms with Crippen molar-refractivity contribution in [1.29, 1.82) is 0 Å². The number of hydrogen-bond donors (Lipinski definition) is 2. The molecule has 1 aliphatic heterocycles. The number of nitrogens with one attached hydrogen (secondary N) is 1. The van der Waals surface area contributed by atoms with Crippen molar-refractivity contribution in [3.05, 3.63) is 35.9 Å². The van der Waals surface area contributed by atoms with E-state index in [9.17, 15) is 9.90 Å². The molecule has 0 aromatic heterocycles. The fourth-order valence-corrected chi connectivity index (χ4v) is 2.18. The average molecular weight is 219 g/mol. The highest BCUT2D eigenvalue weighted by atomic mass is 16.3. The minimum absolute atomic E-state index is 0.164. The highest BCUT2D eigenvalue weighted by molar-refractivity contribution is 5.93. The zero-order valence-corrected chi connectivity index (χ0v) is 9.60. The van der Waals surface area contributed by atoms with Gasteiger partial charge in [-0.1, -0.05) is 44.2 Å². The minimum atomic E-state index is -1.33. The van der Waals surface area contributed by atoms with Crippen LogP contribution in [0.15, 0.2) is 30.3 Å². The second-order valence-electron chi connectivity index (χ2n) is 4.79. The predicted molar refractivity (Wildman–Crippen MR) is 61.7 cm³/mol. The summed E-state index contributed by atoms with van der Waals surface area (Å²) in [4.78, 5) is 11.6. The molecule has 0 radical (unpaired) electrons. The Morgan fingerprint density at radius 2 is 2.00 bits per heavy atom. The molecule has 2 rings (SSSR count). The van der Waals surface area contributed by atoms with Crippen molar-refractivity contribution < 1.29 is 9.90 Å². The summed E-state index contributed by atoms with van der Waals surface area (Å²) in [6.07, 6.45) is 0.789. The Morgan fingerprint density at radius 3 is 2.50 bits per heavy atom. The van der Waals surface area contributed by atoms with Crippen molar-refractivity contribution in [3.63, 3.8) is 0 Å². The first-order valence-corrected chi connectivity index (χ1v) is 5.64. The van der Waals surface area contributed by atoms with Crippen molar-refractivity contribution in [2.75, 3.05) is 0 Å². The zero-order chi connectivity index (χ0) is 11.8. The van der Waals surface area contributed by atoms with Crippen molar-refractivity contribution >= 4 is 5.91 Å². The molecular weight excluding hydrogens is 202 g/mol. The van der Waals surface area contributed by atoms with Crippen LogP contribution in [0.2, 0.25) is 0 Å². The summed E-state index contributed by atoms with van der Waals surface area (Å²) in [6, 6.07) is 8.98. The summed E-state index contributed by atoms with van der Waals surface area (Å²) >= 11 is 0. The van der Waals surface area contributed by atoms with Crippen molar-refractivity contribution in [2.45, 2.75) is 31.9 Å². The lowest BCUT2D eigenvalue weighted by atomic mass is 9.75. The fourth-order valence-electron chi connectivity index (χ4n) is 2.18. The van der Waals surface area contributed by atoms with E-state index in [1.165, 1.54) is 0 Å². The van der Waals surface area contributed by atoms with Crippen LogP contribution in [0.1, 0.15) is 25.8 Å². The van der Waals surface area contributed by atoms with Gasteiger partial charge in [0.15, 0.2) is 5.60 Å². The van der Waals surface area contributed by atoms with Crippen LogP contribution in [0.3, 0.4) is 0 Å². The number of amides is 1. The summed E-state index contributed by atoms with van der Waals surface area (Å²) < 4.78 is 0. The third kappa shape index (κ3) is 1.61. The third-order valence-electron chi connectivity index (χ3n) is 3.08. The minimum Gasteiger partial charge on any atom is -0.374 e. The van der Waals surface area contributed by atoms with E-state index in [0.717, 1.165) is 6.42 Å². The lowest BCUT2D eigenvalue weighted by molar-refractivity contribution is -0.164. The highest BCUT2D eigenvalue weighted by Gasteiger charge is 2.54. The predicted octanol–water partition coefficient (Wildman–Crippen LogP) is 1.42. The Bertz CT molecular complexity index is 388. The average Bonchev–Trinajstić information content (AvgIpc) is 2.28. The highest BCUT2D eigenvalue weighted by Crippen LogP contribution is 2.35. The van der Waals surface area contributed by atoms with Crippen LogP contribution >= 0.6 is 0 Å². The number of hydrogen-bond acceptors (Lipinski definition) is 2. The molecule has 3 nitrogen and oxygen atoms in total. The fraction of sp³-hybridized carbons (Fsp3) is 0.462. The molecule has 1 amide bonds. The van der Waals surface area contributed by atoms with Crippen LogP contribution in [0.4, 0.5) is 0 Å². The molecule has 0 unspecified atom stereocenters. The van der Waals surface area contributed by atoms with E-state index in [1.807, 2.05) is 18.2 Å². The molecule has 16 heavy (non-hydrogen) atoms. The first-order chi connectivity index (χ1) is 7.55. The van der Waals surface area contributed by atoms with Gasteiger partial charge in [-0.15, -0.1) is 0 Å². The SMILES string of the molecule is CC(C)C[C@@H]1NC(=O)[C@@]1(O)c1ccccc1. The molecule has 0 aliphatic carbocycles. The molecule has 1 aromatic rings. The number of benzene rings is 1. The van der Waals surface area contributed by atoms with Gasteiger partial charge in [-0.3, -0.25) is 4.79 Å². The van der Waals surface area contributed by atoms with Gasteiger partial charge in [0.05, 0.1) is 6.04 Å². The first-order valence-electron chi connectivity index (χ1n) is 5.64. The second kappa shape index (κ2) is 3.91. The topological polar surface area (TPSA) is 49.3 Å². The number of β-lactam (4-membered cyclic amide) rings is 1. The van der Waals surface area contributed by atoms with E-state index in [4.69, 9.17) is 0 Å². The van der Waals surface area contributed by atoms with Gasteiger partial charge < -0.3 is 10.4 Å². The van der Waals surface area contributed by atoms with Crippen LogP contribution in [0, 0.1) is 5.92 Å². The number of rotatable bonds is 3. The molecule has 86 valence electrons. The number of carbonyl (C=O) groups excluding carboxylic acids is 1. The summed E-state index contributed by atoms with van der Waals surface area (Å²) in [5.74, 6) is 0.158. The van der Waals surface area contributed by atoms with E-state index in [1.54, 1.807) is 12.1 Å². The van der Waals surface area contributed by atoms with Gasteiger partial charge >= 0.3 is 0 Å². The number of carbonyl (C=O) groups is 1. The normalized spacial score (nSPS) is 28.8. The quantitative estimate of drug-likeness (QED) is 0.755. The maximum atomic E-state index is 11.6. The van der Waals surface area contributed by atoms with Gasteiger partial charge in [0.2, 0.25) is 0 Å². The Morgan fingerprint density at radius 1 is 1.38 bits per heavy atom. The molecule has 0 spiro atoms. The molecule has 3 heteroatoms. The largest absolute Gasteiger partial charge is 0.374 e. The van der Waals surface area contributed by atoms with Gasteiger partial charge in [-0.2, -0.15) is 0 Å². The Kier molecular flexibility index (Phi) is 2.72. The lowest BCUT2D eigenvalue weighted by Crippen LogP contribution is -2.70. The van der Waals surface area contributed by atoms with E-state index in [-0.39, 0.29) is 11.9 Å². The standard InChI is InChI=1S/C13H17NO2/c1-9(2)8-11-13(16,12(15)14-11)10-6-4-3-5-7-10/h3-7,9,11,16H,8H2,1-2H3,(H,14,15)/t11-,13+/m0/s1. The lowest BCUT2D eigenvalue weighted by Gasteiger charge is -2.45. The smallest absolute Gasteiger partial charge is 0.259 e. The summed E-state index contributed by atoms with van der Waals surface area (Å²) in [6.45, 7) is 4.16. The van der Waals surface area contributed by atoms with Crippen LogP contribution in [-0.4, -0.2) is 17.1 Å². The van der Waals surface area contributed by atoms with E-state index in [0.29, 0.717) is 11.5 Å². The van der Waals surface area contributed by atoms with Gasteiger partial charge in [-0.25, -0.2) is 0 Å². The Labute approximate surface area is 95.5 Å². The molecule has 1 saturated heterocycles. The Balaban J connectivity index is 2.25. The zero-order valence-electron chi connectivity index (χ0n) is 9.60. The van der Waals surface area contributed by atoms with Crippen molar-refractivity contribution in [3.8, 4) is 0 Å².